The van der Waals surface area contributed by atoms with Crippen molar-refractivity contribution in [3.8, 4) is 0 Å². The van der Waals surface area contributed by atoms with Gasteiger partial charge in [-0.25, -0.2) is 9.18 Å². The largest absolute Gasteiger partial charge is 0.464 e. The monoisotopic (exact) mass is 296 g/mol. The summed E-state index contributed by atoms with van der Waals surface area (Å²) in [7, 11) is 0. The number of rotatable bonds is 7. The average Bonchev–Trinajstić information content (AvgIpc) is 2.49. The quantitative estimate of drug-likeness (QED) is 0.599. The van der Waals surface area contributed by atoms with Crippen LogP contribution < -0.4 is 10.6 Å². The number of halogens is 1. The molecule has 0 aromatic heterocycles. The zero-order valence-corrected chi connectivity index (χ0v) is 12.3. The lowest BCUT2D eigenvalue weighted by molar-refractivity contribution is -0.147. The van der Waals surface area contributed by atoms with Crippen molar-refractivity contribution in [3.63, 3.8) is 0 Å². The molecule has 1 rings (SSSR count). The highest BCUT2D eigenvalue weighted by Gasteiger charge is 2.11. The minimum atomic E-state index is -0.362. The van der Waals surface area contributed by atoms with E-state index < -0.39 is 0 Å². The van der Waals surface area contributed by atoms with Gasteiger partial charge in [0.15, 0.2) is 0 Å². The second kappa shape index (κ2) is 8.94. The zero-order valence-electron chi connectivity index (χ0n) is 12.3. The van der Waals surface area contributed by atoms with E-state index in [1.54, 1.807) is 19.1 Å². The van der Waals surface area contributed by atoms with E-state index in [1.807, 2.05) is 6.92 Å². The van der Waals surface area contributed by atoms with E-state index in [1.165, 1.54) is 12.1 Å². The molecular formula is C15H21FN2O3. The second-order valence-electron chi connectivity index (χ2n) is 4.71. The molecule has 5 nitrogen and oxygen atoms in total. The van der Waals surface area contributed by atoms with Gasteiger partial charge >= 0.3 is 12.0 Å². The summed E-state index contributed by atoms with van der Waals surface area (Å²) in [5.41, 5.74) is 0.801. The topological polar surface area (TPSA) is 67.4 Å². The summed E-state index contributed by atoms with van der Waals surface area (Å²) in [5.74, 6) is -0.699. The van der Waals surface area contributed by atoms with Gasteiger partial charge < -0.3 is 15.4 Å². The van der Waals surface area contributed by atoms with Gasteiger partial charge in [-0.05, 0) is 24.1 Å². The highest BCUT2D eigenvalue weighted by molar-refractivity contribution is 5.74. The predicted molar refractivity (Wildman–Crippen MR) is 77.1 cm³/mol. The number of ether oxygens (including phenoxy) is 1. The molecule has 0 aliphatic heterocycles. The van der Waals surface area contributed by atoms with E-state index in [0.29, 0.717) is 6.54 Å². The first-order valence-corrected chi connectivity index (χ1v) is 6.95. The van der Waals surface area contributed by atoms with Crippen molar-refractivity contribution < 1.29 is 18.7 Å². The Kier molecular flexibility index (Phi) is 7.21. The van der Waals surface area contributed by atoms with Gasteiger partial charge in [-0.15, -0.1) is 0 Å². The van der Waals surface area contributed by atoms with Crippen LogP contribution in [0.3, 0.4) is 0 Å². The van der Waals surface area contributed by atoms with Gasteiger partial charge in [-0.1, -0.05) is 26.0 Å². The van der Waals surface area contributed by atoms with Crippen molar-refractivity contribution in [1.82, 2.24) is 10.6 Å². The van der Waals surface area contributed by atoms with Crippen molar-refractivity contribution in [3.05, 3.63) is 35.6 Å². The third-order valence-corrected chi connectivity index (χ3v) is 3.01. The molecule has 0 heterocycles. The van der Waals surface area contributed by atoms with Crippen LogP contribution in [-0.2, 0) is 16.1 Å². The van der Waals surface area contributed by atoms with Gasteiger partial charge in [0.2, 0.25) is 0 Å². The summed E-state index contributed by atoms with van der Waals surface area (Å²) < 4.78 is 17.7. The number of hydrogen-bond donors (Lipinski definition) is 2. The van der Waals surface area contributed by atoms with Gasteiger partial charge in [0.1, 0.15) is 12.4 Å². The molecule has 0 aliphatic rings. The number of hydrogen-bond acceptors (Lipinski definition) is 3. The number of amides is 2. The van der Waals surface area contributed by atoms with Crippen molar-refractivity contribution in [2.75, 3.05) is 13.2 Å². The molecule has 0 saturated heterocycles. The Labute approximate surface area is 123 Å². The Morgan fingerprint density at radius 1 is 1.24 bits per heavy atom. The molecule has 1 unspecified atom stereocenters. The Hall–Kier alpha value is -2.11. The molecule has 1 aromatic rings. The van der Waals surface area contributed by atoms with Crippen molar-refractivity contribution in [1.29, 1.82) is 0 Å². The highest BCUT2D eigenvalue weighted by Crippen LogP contribution is 2.03. The summed E-state index contributed by atoms with van der Waals surface area (Å²) in [4.78, 5) is 22.9. The fraction of sp³-hybridized carbons (Fsp3) is 0.467. The molecule has 0 radical (unpaired) electrons. The Bertz CT molecular complexity index is 462. The standard InChI is InChI=1S/C15H21FN2O3/c1-3-11(2)14(19)21-9-8-17-15(20)18-10-12-4-6-13(16)7-5-12/h4-7,11H,3,8-10H2,1-2H3,(H2,17,18,20). The van der Waals surface area contributed by atoms with Gasteiger partial charge in [0.05, 0.1) is 12.5 Å². The fourth-order valence-electron chi connectivity index (χ4n) is 1.47. The smallest absolute Gasteiger partial charge is 0.315 e. The van der Waals surface area contributed by atoms with Gasteiger partial charge in [-0.2, -0.15) is 0 Å². The third-order valence-electron chi connectivity index (χ3n) is 3.01. The number of urea groups is 1. The van der Waals surface area contributed by atoms with Crippen LogP contribution in [0.15, 0.2) is 24.3 Å². The van der Waals surface area contributed by atoms with Crippen LogP contribution in [0.1, 0.15) is 25.8 Å². The normalized spacial score (nSPS) is 11.6. The summed E-state index contributed by atoms with van der Waals surface area (Å²) >= 11 is 0. The lowest BCUT2D eigenvalue weighted by Crippen LogP contribution is -2.37. The maximum absolute atomic E-state index is 12.7. The van der Waals surface area contributed by atoms with E-state index >= 15 is 0 Å². The molecule has 0 fully saturated rings. The van der Waals surface area contributed by atoms with Gasteiger partial charge in [0, 0.05) is 6.54 Å². The van der Waals surface area contributed by atoms with Crippen LogP contribution in [0.25, 0.3) is 0 Å². The minimum Gasteiger partial charge on any atom is -0.464 e. The van der Waals surface area contributed by atoms with E-state index in [2.05, 4.69) is 10.6 Å². The molecule has 6 heteroatoms. The van der Waals surface area contributed by atoms with E-state index in [9.17, 15) is 14.0 Å². The lowest BCUT2D eigenvalue weighted by Gasteiger charge is -2.10. The van der Waals surface area contributed by atoms with Crippen LogP contribution in [-0.4, -0.2) is 25.2 Å². The summed E-state index contributed by atoms with van der Waals surface area (Å²) in [6, 6.07) is 5.51. The average molecular weight is 296 g/mol. The molecular weight excluding hydrogens is 275 g/mol. The van der Waals surface area contributed by atoms with Crippen molar-refractivity contribution >= 4 is 12.0 Å². The summed E-state index contributed by atoms with van der Waals surface area (Å²) in [5, 5.41) is 5.20. The Morgan fingerprint density at radius 3 is 2.52 bits per heavy atom. The molecule has 1 aromatic carbocycles. The van der Waals surface area contributed by atoms with E-state index in [0.717, 1.165) is 12.0 Å². The number of carbonyl (C=O) groups is 2. The number of carbonyl (C=O) groups excluding carboxylic acids is 2. The van der Waals surface area contributed by atoms with Crippen molar-refractivity contribution in [2.45, 2.75) is 26.8 Å². The van der Waals surface area contributed by atoms with Gasteiger partial charge in [0.25, 0.3) is 0 Å². The third kappa shape index (κ3) is 6.74. The van der Waals surface area contributed by atoms with Crippen LogP contribution in [0.4, 0.5) is 9.18 Å². The molecule has 0 bridgehead atoms. The summed E-state index contributed by atoms with van der Waals surface area (Å²) in [6.45, 7) is 4.40. The van der Waals surface area contributed by atoms with E-state index in [4.69, 9.17) is 4.74 Å². The first kappa shape index (κ1) is 16.9. The maximum atomic E-state index is 12.7. The van der Waals surface area contributed by atoms with Crippen molar-refractivity contribution in [2.24, 2.45) is 5.92 Å². The Balaban J connectivity index is 2.14. The molecule has 116 valence electrons. The fourth-order valence-corrected chi connectivity index (χ4v) is 1.47. The summed E-state index contributed by atoms with van der Waals surface area (Å²) in [6.07, 6.45) is 0.727. The van der Waals surface area contributed by atoms with Crippen LogP contribution in [0.5, 0.6) is 0 Å². The highest BCUT2D eigenvalue weighted by atomic mass is 19.1. The molecule has 2 amide bonds. The lowest BCUT2D eigenvalue weighted by atomic mass is 10.1. The number of esters is 1. The molecule has 1 atom stereocenters. The second-order valence-corrected chi connectivity index (χ2v) is 4.71. The SMILES string of the molecule is CCC(C)C(=O)OCCNC(=O)NCc1ccc(F)cc1. The molecule has 0 spiro atoms. The Morgan fingerprint density at radius 2 is 1.90 bits per heavy atom. The van der Waals surface area contributed by atoms with E-state index in [-0.39, 0.29) is 36.9 Å². The van der Waals surface area contributed by atoms with Crippen LogP contribution in [0, 0.1) is 11.7 Å². The molecule has 21 heavy (non-hydrogen) atoms. The molecule has 0 saturated carbocycles. The first-order valence-electron chi connectivity index (χ1n) is 6.95. The first-order chi connectivity index (χ1) is 10.0. The minimum absolute atomic E-state index is 0.127. The number of nitrogens with one attached hydrogen (secondary N) is 2. The van der Waals surface area contributed by atoms with Gasteiger partial charge in [-0.3, -0.25) is 4.79 Å². The predicted octanol–water partition coefficient (Wildman–Crippen LogP) is 2.21. The maximum Gasteiger partial charge on any atom is 0.315 e. The van der Waals surface area contributed by atoms with Crippen LogP contribution >= 0.6 is 0 Å². The zero-order chi connectivity index (χ0) is 15.7. The number of benzene rings is 1. The molecule has 0 aliphatic carbocycles. The molecule has 2 N–H and O–H groups in total. The van der Waals surface area contributed by atoms with Crippen LogP contribution in [0.2, 0.25) is 0 Å².